The molecule has 0 radical (unpaired) electrons. The summed E-state index contributed by atoms with van der Waals surface area (Å²) in [6.45, 7) is 1.99. The summed E-state index contributed by atoms with van der Waals surface area (Å²) in [5.41, 5.74) is 3.34. The molecule has 1 heterocycles. The molecule has 0 aliphatic heterocycles. The molecule has 31 heavy (non-hydrogen) atoms. The third-order valence-corrected chi connectivity index (χ3v) is 5.50. The van der Waals surface area contributed by atoms with Gasteiger partial charge in [-0.25, -0.2) is 4.98 Å². The lowest BCUT2D eigenvalue weighted by atomic mass is 9.93. The predicted molar refractivity (Wildman–Crippen MR) is 124 cm³/mol. The third kappa shape index (κ3) is 3.40. The monoisotopic (exact) mass is 401 g/mol. The van der Waals surface area contributed by atoms with Gasteiger partial charge in [0.25, 0.3) is 0 Å². The highest BCUT2D eigenvalue weighted by atomic mass is 16.1. The Balaban J connectivity index is 1.76. The molecule has 0 fully saturated rings. The van der Waals surface area contributed by atoms with Gasteiger partial charge in [-0.15, -0.1) is 0 Å². The highest BCUT2D eigenvalue weighted by Crippen LogP contribution is 2.26. The van der Waals surface area contributed by atoms with Crippen molar-refractivity contribution in [1.82, 2.24) is 4.98 Å². The summed E-state index contributed by atoms with van der Waals surface area (Å²) >= 11 is 0. The van der Waals surface area contributed by atoms with Gasteiger partial charge in [-0.1, -0.05) is 84.4 Å². The first-order chi connectivity index (χ1) is 15.1. The van der Waals surface area contributed by atoms with Gasteiger partial charge < -0.3 is 0 Å². The van der Waals surface area contributed by atoms with E-state index in [1.54, 1.807) is 18.2 Å². The van der Waals surface area contributed by atoms with Gasteiger partial charge in [0.2, 0.25) is 5.78 Å². The molecule has 0 N–H and O–H groups in total. The van der Waals surface area contributed by atoms with Gasteiger partial charge in [-0.2, -0.15) is 0 Å². The maximum atomic E-state index is 13.8. The number of ketones is 2. The summed E-state index contributed by atoms with van der Waals surface area (Å²) < 4.78 is 0. The van der Waals surface area contributed by atoms with Crippen LogP contribution in [0.15, 0.2) is 97.1 Å². The van der Waals surface area contributed by atoms with Crippen LogP contribution in [0.2, 0.25) is 0 Å². The molecule has 0 saturated heterocycles. The molecule has 0 aliphatic carbocycles. The molecule has 0 bridgehead atoms. The minimum atomic E-state index is -0.258. The fourth-order valence-electron chi connectivity index (χ4n) is 3.94. The number of benzene rings is 4. The molecular formula is C28H19NO2. The molecule has 0 saturated carbocycles. The average Bonchev–Trinajstić information content (AvgIpc) is 2.82. The van der Waals surface area contributed by atoms with Crippen molar-refractivity contribution in [1.29, 1.82) is 0 Å². The molecular weight excluding hydrogens is 382 g/mol. The Morgan fingerprint density at radius 1 is 0.645 bits per heavy atom. The molecule has 5 aromatic rings. The number of carbonyl (C=O) groups excluding carboxylic acids is 2. The number of carbonyl (C=O) groups is 2. The van der Waals surface area contributed by atoms with Gasteiger partial charge >= 0.3 is 0 Å². The number of hydrogen-bond acceptors (Lipinski definition) is 3. The van der Waals surface area contributed by atoms with Crippen molar-refractivity contribution in [3.05, 3.63) is 125 Å². The molecule has 0 spiro atoms. The van der Waals surface area contributed by atoms with E-state index in [1.807, 2.05) is 85.8 Å². The molecule has 1 aromatic heterocycles. The number of aromatic nitrogens is 1. The summed E-state index contributed by atoms with van der Waals surface area (Å²) in [4.78, 5) is 31.8. The van der Waals surface area contributed by atoms with Crippen molar-refractivity contribution in [3.63, 3.8) is 0 Å². The van der Waals surface area contributed by atoms with Crippen molar-refractivity contribution < 1.29 is 9.59 Å². The van der Waals surface area contributed by atoms with Crippen LogP contribution in [0, 0.1) is 6.92 Å². The predicted octanol–water partition coefficient (Wildman–Crippen LogP) is 6.16. The second-order valence-corrected chi connectivity index (χ2v) is 7.63. The minimum Gasteiger partial charge on any atom is -0.289 e. The van der Waals surface area contributed by atoms with E-state index in [0.717, 1.165) is 21.7 Å². The minimum absolute atomic E-state index is 0.181. The molecule has 3 nitrogen and oxygen atoms in total. The lowest BCUT2D eigenvalue weighted by molar-refractivity contribution is 0.100. The Morgan fingerprint density at radius 2 is 1.39 bits per heavy atom. The average molecular weight is 401 g/mol. The largest absolute Gasteiger partial charge is 0.289 e. The van der Waals surface area contributed by atoms with Crippen LogP contribution in [0.1, 0.15) is 37.5 Å². The Bertz CT molecular complexity index is 1460. The maximum Gasteiger partial charge on any atom is 0.212 e. The lowest BCUT2D eigenvalue weighted by Crippen LogP contribution is -2.14. The maximum absolute atomic E-state index is 13.8. The van der Waals surface area contributed by atoms with Crippen LogP contribution in [0.5, 0.6) is 0 Å². The number of pyridine rings is 1. The van der Waals surface area contributed by atoms with E-state index in [4.69, 9.17) is 0 Å². The van der Waals surface area contributed by atoms with E-state index in [1.165, 1.54) is 0 Å². The highest BCUT2D eigenvalue weighted by molar-refractivity contribution is 6.23. The van der Waals surface area contributed by atoms with E-state index >= 15 is 0 Å². The summed E-state index contributed by atoms with van der Waals surface area (Å²) in [5.74, 6) is -0.460. The SMILES string of the molecule is Cc1ccc2nc(C(=O)c3ccccc3)c(C(=O)c3cccc4ccccc34)cc2c1. The van der Waals surface area contributed by atoms with Crippen LogP contribution < -0.4 is 0 Å². The Hall–Kier alpha value is -4.11. The zero-order valence-electron chi connectivity index (χ0n) is 17.0. The molecule has 0 aliphatic rings. The molecule has 148 valence electrons. The third-order valence-electron chi connectivity index (χ3n) is 5.50. The summed E-state index contributed by atoms with van der Waals surface area (Å²) in [6.07, 6.45) is 0. The first-order valence-corrected chi connectivity index (χ1v) is 10.2. The van der Waals surface area contributed by atoms with Gasteiger partial charge in [-0.05, 0) is 35.9 Å². The quantitative estimate of drug-likeness (QED) is 0.339. The van der Waals surface area contributed by atoms with Gasteiger partial charge in [0, 0.05) is 16.5 Å². The fourth-order valence-corrected chi connectivity index (χ4v) is 3.94. The number of nitrogens with zero attached hydrogens (tertiary/aromatic N) is 1. The number of fused-ring (bicyclic) bond motifs is 2. The van der Waals surface area contributed by atoms with Crippen LogP contribution in [0.3, 0.4) is 0 Å². The first-order valence-electron chi connectivity index (χ1n) is 10.2. The molecule has 0 atom stereocenters. The lowest BCUT2D eigenvalue weighted by Gasteiger charge is -2.12. The van der Waals surface area contributed by atoms with Crippen LogP contribution in [0.4, 0.5) is 0 Å². The first kappa shape index (κ1) is 18.9. The summed E-state index contributed by atoms with van der Waals surface area (Å²) in [5, 5.41) is 2.68. The summed E-state index contributed by atoms with van der Waals surface area (Å²) in [7, 11) is 0. The number of rotatable bonds is 4. The van der Waals surface area contributed by atoms with E-state index in [9.17, 15) is 9.59 Å². The van der Waals surface area contributed by atoms with Crippen molar-refractivity contribution >= 4 is 33.2 Å². The van der Waals surface area contributed by atoms with Crippen molar-refractivity contribution in [2.24, 2.45) is 0 Å². The van der Waals surface area contributed by atoms with E-state index in [-0.39, 0.29) is 17.3 Å². The molecule has 4 aromatic carbocycles. The van der Waals surface area contributed by atoms with Crippen molar-refractivity contribution in [3.8, 4) is 0 Å². The van der Waals surface area contributed by atoms with Crippen LogP contribution in [0.25, 0.3) is 21.7 Å². The van der Waals surface area contributed by atoms with E-state index in [0.29, 0.717) is 22.2 Å². The van der Waals surface area contributed by atoms with Gasteiger partial charge in [0.1, 0.15) is 5.69 Å². The topological polar surface area (TPSA) is 47.0 Å². The fraction of sp³-hybridized carbons (Fsp3) is 0.0357. The van der Waals surface area contributed by atoms with Gasteiger partial charge in [0.15, 0.2) is 5.78 Å². The number of aryl methyl sites for hydroxylation is 1. The van der Waals surface area contributed by atoms with E-state index < -0.39 is 0 Å². The standard InChI is InChI=1S/C28H19NO2/c1-18-14-15-25-21(16-18)17-24(26(29-25)27(30)20-9-3-2-4-10-20)28(31)23-13-7-11-19-8-5-6-12-22(19)23/h2-17H,1H3. The van der Waals surface area contributed by atoms with Crippen molar-refractivity contribution in [2.75, 3.05) is 0 Å². The number of hydrogen-bond donors (Lipinski definition) is 0. The molecule has 5 rings (SSSR count). The van der Waals surface area contributed by atoms with Crippen molar-refractivity contribution in [2.45, 2.75) is 6.92 Å². The molecule has 3 heteroatoms. The van der Waals surface area contributed by atoms with Crippen LogP contribution in [-0.4, -0.2) is 16.6 Å². The van der Waals surface area contributed by atoms with Crippen LogP contribution in [-0.2, 0) is 0 Å². The van der Waals surface area contributed by atoms with Gasteiger partial charge in [0.05, 0.1) is 11.1 Å². The second kappa shape index (κ2) is 7.62. The zero-order chi connectivity index (χ0) is 21.4. The Labute approximate surface area is 180 Å². The zero-order valence-corrected chi connectivity index (χ0v) is 17.0. The second-order valence-electron chi connectivity index (χ2n) is 7.63. The Kier molecular flexibility index (Phi) is 4.64. The molecule has 0 amide bonds. The van der Waals surface area contributed by atoms with Crippen LogP contribution >= 0.6 is 0 Å². The summed E-state index contributed by atoms with van der Waals surface area (Å²) in [6, 6.07) is 30.0. The van der Waals surface area contributed by atoms with Gasteiger partial charge in [-0.3, -0.25) is 9.59 Å². The smallest absolute Gasteiger partial charge is 0.212 e. The Morgan fingerprint density at radius 3 is 2.23 bits per heavy atom. The van der Waals surface area contributed by atoms with E-state index in [2.05, 4.69) is 4.98 Å². The normalized spacial score (nSPS) is 11.0. The highest BCUT2D eigenvalue weighted by Gasteiger charge is 2.23. The molecule has 0 unspecified atom stereocenters.